The molecule has 3 heterocycles. The minimum absolute atomic E-state index is 0.106. The zero-order chi connectivity index (χ0) is 18.1. The first-order chi connectivity index (χ1) is 12.6. The van der Waals surface area contributed by atoms with Gasteiger partial charge in [0.2, 0.25) is 5.91 Å². The smallest absolute Gasteiger partial charge is 0.340 e. The van der Waals surface area contributed by atoms with Gasteiger partial charge in [0.25, 0.3) is 0 Å². The molecule has 0 spiro atoms. The standard InChI is InChI=1S/C19H17N5O2/c20-19(26)24-17-3-1-14-2-4-18(25)23(12-16(14)15(17)11-22-24)10-7-13-5-8-21-9-6-13/h1,3,5-6,8-9,11H,2,7,10,12H2,(H2,20,26). The van der Waals surface area contributed by atoms with E-state index in [0.717, 1.165) is 28.5 Å². The van der Waals surface area contributed by atoms with Gasteiger partial charge in [0, 0.05) is 30.9 Å². The van der Waals surface area contributed by atoms with Gasteiger partial charge in [-0.3, -0.25) is 9.78 Å². The number of rotatable bonds is 3. The number of nitrogens with zero attached hydrogens (tertiary/aromatic N) is 4. The zero-order valence-corrected chi connectivity index (χ0v) is 14.1. The summed E-state index contributed by atoms with van der Waals surface area (Å²) in [6, 6.07) is 6.98. The third-order valence-electron chi connectivity index (χ3n) is 4.66. The highest BCUT2D eigenvalue weighted by molar-refractivity contribution is 5.93. The zero-order valence-electron chi connectivity index (χ0n) is 14.1. The largest absolute Gasteiger partial charge is 0.350 e. The predicted octanol–water partition coefficient (Wildman–Crippen LogP) is 1.57. The van der Waals surface area contributed by atoms with Crippen LogP contribution < -0.4 is 5.73 Å². The topological polar surface area (TPSA) is 94.1 Å². The average Bonchev–Trinajstić information content (AvgIpc) is 3.02. The summed E-state index contributed by atoms with van der Waals surface area (Å²) < 4.78 is 1.18. The van der Waals surface area contributed by atoms with Crippen LogP contribution in [0.3, 0.4) is 0 Å². The van der Waals surface area contributed by atoms with Gasteiger partial charge in [0.15, 0.2) is 0 Å². The van der Waals surface area contributed by atoms with E-state index in [4.69, 9.17) is 5.73 Å². The van der Waals surface area contributed by atoms with Crippen LogP contribution in [0.15, 0.2) is 42.9 Å². The fourth-order valence-corrected chi connectivity index (χ4v) is 3.27. The second-order valence-electron chi connectivity index (χ2n) is 6.22. The maximum atomic E-state index is 12.5. The van der Waals surface area contributed by atoms with E-state index in [9.17, 15) is 9.59 Å². The molecule has 0 aliphatic carbocycles. The summed E-state index contributed by atoms with van der Waals surface area (Å²) in [7, 11) is 0. The van der Waals surface area contributed by atoms with Crippen molar-refractivity contribution < 1.29 is 9.59 Å². The summed E-state index contributed by atoms with van der Waals surface area (Å²) in [6.07, 6.45) is 9.24. The molecule has 26 heavy (non-hydrogen) atoms. The molecule has 1 aliphatic heterocycles. The number of primary amides is 1. The van der Waals surface area contributed by atoms with Crippen molar-refractivity contribution in [3.05, 3.63) is 66.0 Å². The minimum atomic E-state index is -0.627. The van der Waals surface area contributed by atoms with Crippen molar-refractivity contribution in [2.75, 3.05) is 6.54 Å². The van der Waals surface area contributed by atoms with Gasteiger partial charge < -0.3 is 10.6 Å². The van der Waals surface area contributed by atoms with Crippen LogP contribution in [-0.2, 0) is 24.2 Å². The van der Waals surface area contributed by atoms with Crippen molar-refractivity contribution in [2.24, 2.45) is 5.73 Å². The van der Waals surface area contributed by atoms with E-state index in [2.05, 4.69) is 16.5 Å². The van der Waals surface area contributed by atoms with E-state index in [1.54, 1.807) is 23.5 Å². The second kappa shape index (κ2) is 6.59. The van der Waals surface area contributed by atoms with Gasteiger partial charge >= 0.3 is 6.03 Å². The maximum Gasteiger partial charge on any atom is 0.340 e. The van der Waals surface area contributed by atoms with E-state index < -0.39 is 6.03 Å². The van der Waals surface area contributed by atoms with Crippen LogP contribution in [0.25, 0.3) is 10.9 Å². The molecule has 0 saturated heterocycles. The third kappa shape index (κ3) is 2.92. The van der Waals surface area contributed by atoms with Crippen molar-refractivity contribution in [1.29, 1.82) is 0 Å². The van der Waals surface area contributed by atoms with Gasteiger partial charge in [-0.25, -0.2) is 4.79 Å². The molecule has 130 valence electrons. The summed E-state index contributed by atoms with van der Waals surface area (Å²) in [5, 5.41) is 4.92. The highest BCUT2D eigenvalue weighted by Gasteiger charge is 2.24. The number of nitrogens with two attached hydrogens (primary N) is 1. The number of carbonyl (C=O) groups excluding carboxylic acids is 2. The Kier molecular flexibility index (Phi) is 4.12. The lowest BCUT2D eigenvalue weighted by Gasteiger charge is -2.21. The Morgan fingerprint density at radius 1 is 1.23 bits per heavy atom. The monoisotopic (exact) mass is 347 g/mol. The normalized spacial score (nSPS) is 14.3. The van der Waals surface area contributed by atoms with Crippen LogP contribution in [0.4, 0.5) is 4.79 Å². The van der Waals surface area contributed by atoms with Crippen LogP contribution in [-0.4, -0.2) is 38.1 Å². The number of aromatic nitrogens is 3. The molecular weight excluding hydrogens is 330 g/mol. The SMILES string of the molecule is NC(=O)n1ncc2c3c(ccc21)C[C]C(=O)N(CCc1ccncc1)C3. The molecule has 2 aromatic heterocycles. The first-order valence-corrected chi connectivity index (χ1v) is 8.33. The van der Waals surface area contributed by atoms with E-state index in [1.807, 2.05) is 24.3 Å². The van der Waals surface area contributed by atoms with Crippen LogP contribution in [0.5, 0.6) is 0 Å². The number of carbonyl (C=O) groups is 2. The molecule has 7 nitrogen and oxygen atoms in total. The number of hydrogen-bond donors (Lipinski definition) is 1. The van der Waals surface area contributed by atoms with Crippen LogP contribution in [0, 0.1) is 6.42 Å². The van der Waals surface area contributed by atoms with Crippen molar-refractivity contribution >= 4 is 22.8 Å². The molecule has 2 radical (unpaired) electrons. The van der Waals surface area contributed by atoms with E-state index >= 15 is 0 Å². The Labute approximate surface area is 150 Å². The average molecular weight is 347 g/mol. The summed E-state index contributed by atoms with van der Waals surface area (Å²) >= 11 is 0. The van der Waals surface area contributed by atoms with Gasteiger partial charge in [0.1, 0.15) is 0 Å². The van der Waals surface area contributed by atoms with E-state index in [-0.39, 0.29) is 5.91 Å². The molecule has 0 bridgehead atoms. The first kappa shape index (κ1) is 16.3. The Hall–Kier alpha value is -3.22. The Morgan fingerprint density at radius 3 is 2.81 bits per heavy atom. The molecule has 0 unspecified atom stereocenters. The quantitative estimate of drug-likeness (QED) is 0.778. The fraction of sp³-hybridized carbons (Fsp3) is 0.211. The molecule has 0 saturated carbocycles. The molecule has 2 amide bonds. The lowest BCUT2D eigenvalue weighted by molar-refractivity contribution is -0.128. The highest BCUT2D eigenvalue weighted by Crippen LogP contribution is 2.27. The lowest BCUT2D eigenvalue weighted by atomic mass is 10.0. The number of amides is 2. The van der Waals surface area contributed by atoms with E-state index in [0.29, 0.717) is 25.0 Å². The fourth-order valence-electron chi connectivity index (χ4n) is 3.27. The molecule has 1 aliphatic rings. The number of benzene rings is 1. The third-order valence-corrected chi connectivity index (χ3v) is 4.66. The molecular formula is C19H17N5O2. The molecule has 1 aromatic carbocycles. The summed E-state index contributed by atoms with van der Waals surface area (Å²) in [5.41, 5.74) is 9.15. The maximum absolute atomic E-state index is 12.5. The second-order valence-corrected chi connectivity index (χ2v) is 6.22. The Balaban J connectivity index is 1.65. The molecule has 0 fully saturated rings. The molecule has 2 N–H and O–H groups in total. The van der Waals surface area contributed by atoms with Crippen LogP contribution in [0.1, 0.15) is 16.7 Å². The van der Waals surface area contributed by atoms with Crippen molar-refractivity contribution in [3.8, 4) is 0 Å². The molecule has 7 heteroatoms. The van der Waals surface area contributed by atoms with Gasteiger partial charge in [0.05, 0.1) is 18.1 Å². The predicted molar refractivity (Wildman–Crippen MR) is 95.0 cm³/mol. The van der Waals surface area contributed by atoms with Gasteiger partial charge in [-0.1, -0.05) is 6.07 Å². The summed E-state index contributed by atoms with van der Waals surface area (Å²) in [5.74, 6) is -0.106. The number of hydrogen-bond acceptors (Lipinski definition) is 4. The summed E-state index contributed by atoms with van der Waals surface area (Å²) in [4.78, 5) is 29.8. The van der Waals surface area contributed by atoms with Crippen molar-refractivity contribution in [1.82, 2.24) is 19.7 Å². The number of fused-ring (bicyclic) bond motifs is 3. The molecule has 0 atom stereocenters. The number of pyridine rings is 1. The first-order valence-electron chi connectivity index (χ1n) is 8.33. The van der Waals surface area contributed by atoms with Gasteiger partial charge in [-0.05, 0) is 47.7 Å². The summed E-state index contributed by atoms with van der Waals surface area (Å²) in [6.45, 7) is 1.03. The van der Waals surface area contributed by atoms with Gasteiger partial charge in [-0.2, -0.15) is 9.78 Å². The Bertz CT molecular complexity index is 980. The van der Waals surface area contributed by atoms with Crippen LogP contribution >= 0.6 is 0 Å². The molecule has 4 rings (SSSR count). The highest BCUT2D eigenvalue weighted by atomic mass is 16.2. The van der Waals surface area contributed by atoms with E-state index in [1.165, 1.54) is 4.68 Å². The van der Waals surface area contributed by atoms with Crippen molar-refractivity contribution in [3.63, 3.8) is 0 Å². The lowest BCUT2D eigenvalue weighted by Crippen LogP contribution is -2.31. The molecule has 3 aromatic rings. The minimum Gasteiger partial charge on any atom is -0.350 e. The van der Waals surface area contributed by atoms with Crippen molar-refractivity contribution in [2.45, 2.75) is 19.4 Å². The Morgan fingerprint density at radius 2 is 2.04 bits per heavy atom. The van der Waals surface area contributed by atoms with Gasteiger partial charge in [-0.15, -0.1) is 0 Å². The van der Waals surface area contributed by atoms with Crippen LogP contribution in [0.2, 0.25) is 0 Å².